The average Bonchev–Trinajstić information content (AvgIpc) is 3.36. The highest BCUT2D eigenvalue weighted by atomic mass is 16.5. The van der Waals surface area contributed by atoms with Crippen molar-refractivity contribution in [2.45, 2.75) is 45.2 Å². The second-order valence-corrected chi connectivity index (χ2v) is 6.25. The van der Waals surface area contributed by atoms with E-state index in [4.69, 9.17) is 4.74 Å². The van der Waals surface area contributed by atoms with Crippen molar-refractivity contribution >= 4 is 5.91 Å². The molecule has 2 aliphatic rings. The summed E-state index contributed by atoms with van der Waals surface area (Å²) < 4.78 is 5.78. The molecule has 0 atom stereocenters. The van der Waals surface area contributed by atoms with E-state index in [9.17, 15) is 4.79 Å². The van der Waals surface area contributed by atoms with Crippen molar-refractivity contribution < 1.29 is 9.53 Å². The molecule has 2 fully saturated rings. The Labute approximate surface area is 126 Å². The van der Waals surface area contributed by atoms with Crippen molar-refractivity contribution in [1.82, 2.24) is 10.6 Å². The first-order valence-corrected chi connectivity index (χ1v) is 7.94. The highest BCUT2D eigenvalue weighted by Gasteiger charge is 2.22. The molecule has 21 heavy (non-hydrogen) atoms. The van der Waals surface area contributed by atoms with Crippen LogP contribution in [0.15, 0.2) is 18.2 Å². The van der Waals surface area contributed by atoms with Gasteiger partial charge in [0, 0.05) is 24.7 Å². The Bertz CT molecular complexity index is 508. The van der Waals surface area contributed by atoms with Crippen LogP contribution in [-0.2, 0) is 11.3 Å². The van der Waals surface area contributed by atoms with Crippen LogP contribution in [0.4, 0.5) is 0 Å². The van der Waals surface area contributed by atoms with Gasteiger partial charge in [-0.15, -0.1) is 0 Å². The van der Waals surface area contributed by atoms with Gasteiger partial charge in [-0.2, -0.15) is 0 Å². The van der Waals surface area contributed by atoms with E-state index in [0.717, 1.165) is 30.0 Å². The van der Waals surface area contributed by atoms with Crippen molar-refractivity contribution in [3.8, 4) is 5.75 Å². The van der Waals surface area contributed by atoms with Gasteiger partial charge in [0.15, 0.2) is 6.61 Å². The molecule has 0 aromatic heterocycles. The fourth-order valence-corrected chi connectivity index (χ4v) is 2.37. The summed E-state index contributed by atoms with van der Waals surface area (Å²) in [5.41, 5.74) is 2.22. The molecule has 1 amide bonds. The van der Waals surface area contributed by atoms with Gasteiger partial charge in [0.2, 0.25) is 0 Å². The first-order valence-electron chi connectivity index (χ1n) is 7.94. The molecule has 1 aromatic carbocycles. The van der Waals surface area contributed by atoms with Gasteiger partial charge in [-0.05, 0) is 44.1 Å². The first-order chi connectivity index (χ1) is 10.2. The molecular weight excluding hydrogens is 264 g/mol. The Balaban J connectivity index is 1.52. The van der Waals surface area contributed by atoms with Crippen molar-refractivity contribution in [3.63, 3.8) is 0 Å². The number of hydrogen-bond donors (Lipinski definition) is 2. The van der Waals surface area contributed by atoms with Crippen LogP contribution in [0.25, 0.3) is 0 Å². The largest absolute Gasteiger partial charge is 0.483 e. The Hall–Kier alpha value is -1.55. The summed E-state index contributed by atoms with van der Waals surface area (Å²) in [6.45, 7) is 3.74. The van der Waals surface area contributed by atoms with Crippen LogP contribution < -0.4 is 15.4 Å². The van der Waals surface area contributed by atoms with Crippen LogP contribution in [0.2, 0.25) is 0 Å². The van der Waals surface area contributed by atoms with Crippen LogP contribution in [-0.4, -0.2) is 25.1 Å². The summed E-state index contributed by atoms with van der Waals surface area (Å²) in [5, 5.41) is 6.43. The molecule has 4 nitrogen and oxygen atoms in total. The van der Waals surface area contributed by atoms with Gasteiger partial charge in [0.05, 0.1) is 0 Å². The predicted molar refractivity (Wildman–Crippen MR) is 82.3 cm³/mol. The number of aryl methyl sites for hydroxylation is 1. The van der Waals surface area contributed by atoms with E-state index in [-0.39, 0.29) is 12.5 Å². The minimum absolute atomic E-state index is 0.0220. The molecule has 0 aliphatic heterocycles. The summed E-state index contributed by atoms with van der Waals surface area (Å²) >= 11 is 0. The molecule has 0 bridgehead atoms. The smallest absolute Gasteiger partial charge is 0.257 e. The maximum Gasteiger partial charge on any atom is 0.257 e. The Morgan fingerprint density at radius 2 is 2.10 bits per heavy atom. The maximum absolute atomic E-state index is 11.8. The number of para-hydroxylation sites is 1. The summed E-state index contributed by atoms with van der Waals surface area (Å²) in [6, 6.07) is 6.80. The van der Waals surface area contributed by atoms with Gasteiger partial charge in [0.1, 0.15) is 5.75 Å². The van der Waals surface area contributed by atoms with Crippen molar-refractivity contribution in [2.24, 2.45) is 5.92 Å². The molecule has 4 heteroatoms. The fraction of sp³-hybridized carbons (Fsp3) is 0.588. The number of nitrogens with one attached hydrogen (secondary N) is 2. The average molecular weight is 288 g/mol. The lowest BCUT2D eigenvalue weighted by Crippen LogP contribution is -2.30. The van der Waals surface area contributed by atoms with Gasteiger partial charge in [-0.1, -0.05) is 18.2 Å². The third-order valence-electron chi connectivity index (χ3n) is 4.08. The molecule has 114 valence electrons. The van der Waals surface area contributed by atoms with E-state index in [1.807, 2.05) is 19.1 Å². The molecule has 2 aliphatic carbocycles. The second kappa shape index (κ2) is 6.48. The zero-order valence-corrected chi connectivity index (χ0v) is 12.7. The van der Waals surface area contributed by atoms with Gasteiger partial charge in [-0.25, -0.2) is 0 Å². The topological polar surface area (TPSA) is 50.4 Å². The minimum Gasteiger partial charge on any atom is -0.483 e. The van der Waals surface area contributed by atoms with E-state index in [1.165, 1.54) is 25.7 Å². The van der Waals surface area contributed by atoms with E-state index in [2.05, 4.69) is 16.7 Å². The van der Waals surface area contributed by atoms with Gasteiger partial charge >= 0.3 is 0 Å². The van der Waals surface area contributed by atoms with E-state index >= 15 is 0 Å². The van der Waals surface area contributed by atoms with Gasteiger partial charge in [-0.3, -0.25) is 4.79 Å². The lowest BCUT2D eigenvalue weighted by atomic mass is 10.1. The molecule has 3 rings (SSSR count). The Morgan fingerprint density at radius 1 is 1.29 bits per heavy atom. The van der Waals surface area contributed by atoms with Crippen LogP contribution in [0.5, 0.6) is 5.75 Å². The zero-order chi connectivity index (χ0) is 14.7. The Kier molecular flexibility index (Phi) is 4.44. The molecule has 0 heterocycles. The van der Waals surface area contributed by atoms with Gasteiger partial charge in [0.25, 0.3) is 5.91 Å². The standard InChI is InChI=1S/C17H24N2O2/c1-12-3-2-4-14(10-18-15-7-8-15)17(12)21-11-16(20)19-9-13-5-6-13/h2-4,13,15,18H,5-11H2,1H3,(H,19,20). The molecule has 0 radical (unpaired) electrons. The highest BCUT2D eigenvalue weighted by Crippen LogP contribution is 2.28. The minimum atomic E-state index is -0.0220. The number of amides is 1. The van der Waals surface area contributed by atoms with E-state index in [1.54, 1.807) is 0 Å². The number of hydrogen-bond acceptors (Lipinski definition) is 3. The third kappa shape index (κ3) is 4.46. The molecule has 0 saturated heterocycles. The number of carbonyl (C=O) groups excluding carboxylic acids is 1. The Morgan fingerprint density at radius 3 is 2.81 bits per heavy atom. The normalized spacial score (nSPS) is 17.6. The lowest BCUT2D eigenvalue weighted by molar-refractivity contribution is -0.123. The van der Waals surface area contributed by atoms with Crippen LogP contribution in [0.3, 0.4) is 0 Å². The monoisotopic (exact) mass is 288 g/mol. The maximum atomic E-state index is 11.8. The number of ether oxygens (including phenoxy) is 1. The summed E-state index contributed by atoms with van der Waals surface area (Å²) in [6.07, 6.45) is 5.03. The summed E-state index contributed by atoms with van der Waals surface area (Å²) in [7, 11) is 0. The first kappa shape index (κ1) is 14.4. The van der Waals surface area contributed by atoms with E-state index < -0.39 is 0 Å². The highest BCUT2D eigenvalue weighted by molar-refractivity contribution is 5.77. The van der Waals surface area contributed by atoms with Gasteiger partial charge < -0.3 is 15.4 Å². The van der Waals surface area contributed by atoms with Crippen molar-refractivity contribution in [3.05, 3.63) is 29.3 Å². The summed E-state index contributed by atoms with van der Waals surface area (Å²) in [4.78, 5) is 11.8. The quantitative estimate of drug-likeness (QED) is 0.770. The number of carbonyl (C=O) groups is 1. The number of benzene rings is 1. The zero-order valence-electron chi connectivity index (χ0n) is 12.7. The summed E-state index contributed by atoms with van der Waals surface area (Å²) in [5.74, 6) is 1.53. The van der Waals surface area contributed by atoms with Crippen LogP contribution in [0, 0.1) is 12.8 Å². The third-order valence-corrected chi connectivity index (χ3v) is 4.08. The fourth-order valence-electron chi connectivity index (χ4n) is 2.37. The second-order valence-electron chi connectivity index (χ2n) is 6.25. The molecular formula is C17H24N2O2. The number of rotatable bonds is 8. The van der Waals surface area contributed by atoms with Crippen LogP contribution >= 0.6 is 0 Å². The molecule has 0 spiro atoms. The van der Waals surface area contributed by atoms with E-state index in [0.29, 0.717) is 12.0 Å². The molecule has 1 aromatic rings. The molecule has 2 N–H and O–H groups in total. The lowest BCUT2D eigenvalue weighted by Gasteiger charge is -2.14. The van der Waals surface area contributed by atoms with Crippen molar-refractivity contribution in [1.29, 1.82) is 0 Å². The van der Waals surface area contributed by atoms with Crippen LogP contribution in [0.1, 0.15) is 36.8 Å². The molecule has 0 unspecified atom stereocenters. The molecule has 2 saturated carbocycles. The predicted octanol–water partition coefficient (Wildman–Crippen LogP) is 2.15. The SMILES string of the molecule is Cc1cccc(CNC2CC2)c1OCC(=O)NCC1CC1. The van der Waals surface area contributed by atoms with Crippen molar-refractivity contribution in [2.75, 3.05) is 13.2 Å².